The molecule has 1 aliphatic heterocycles. The van der Waals surface area contributed by atoms with E-state index in [9.17, 15) is 14.7 Å². The van der Waals surface area contributed by atoms with Crippen molar-refractivity contribution >= 4 is 33.6 Å². The molecule has 1 atom stereocenters. The van der Waals surface area contributed by atoms with Crippen LogP contribution in [0.1, 0.15) is 18.0 Å². The van der Waals surface area contributed by atoms with Gasteiger partial charge in [0.2, 0.25) is 0 Å². The summed E-state index contributed by atoms with van der Waals surface area (Å²) >= 11 is 3.40. The van der Waals surface area contributed by atoms with Gasteiger partial charge in [-0.3, -0.25) is 9.69 Å². The Labute approximate surface area is 171 Å². The lowest BCUT2D eigenvalue weighted by Crippen LogP contribution is -2.35. The SMILES string of the molecule is COc1cccc(C(CC(=O)O)N2CCN(c3ccc(Br)c(OC)c3)C2=O)c1. The van der Waals surface area contributed by atoms with E-state index in [1.54, 1.807) is 48.3 Å². The first-order chi connectivity index (χ1) is 13.4. The number of aliphatic carboxylic acids is 1. The number of urea groups is 1. The summed E-state index contributed by atoms with van der Waals surface area (Å²) in [4.78, 5) is 27.8. The van der Waals surface area contributed by atoms with Gasteiger partial charge < -0.3 is 19.5 Å². The van der Waals surface area contributed by atoms with Crippen LogP contribution in [0.4, 0.5) is 10.5 Å². The number of rotatable bonds is 7. The molecule has 2 aromatic carbocycles. The number of ether oxygens (including phenoxy) is 2. The lowest BCUT2D eigenvalue weighted by atomic mass is 10.0. The van der Waals surface area contributed by atoms with E-state index >= 15 is 0 Å². The van der Waals surface area contributed by atoms with E-state index in [4.69, 9.17) is 9.47 Å². The van der Waals surface area contributed by atoms with E-state index in [0.717, 1.165) is 10.0 Å². The number of hydrogen-bond acceptors (Lipinski definition) is 4. The smallest absolute Gasteiger partial charge is 0.325 e. The molecule has 0 bridgehead atoms. The lowest BCUT2D eigenvalue weighted by molar-refractivity contribution is -0.138. The Balaban J connectivity index is 1.90. The van der Waals surface area contributed by atoms with Crippen LogP contribution in [0.3, 0.4) is 0 Å². The molecular formula is C20H21BrN2O5. The monoisotopic (exact) mass is 448 g/mol. The van der Waals surface area contributed by atoms with Gasteiger partial charge in [-0.1, -0.05) is 12.1 Å². The molecule has 7 nitrogen and oxygen atoms in total. The predicted molar refractivity (Wildman–Crippen MR) is 108 cm³/mol. The van der Waals surface area contributed by atoms with E-state index in [1.807, 2.05) is 18.2 Å². The highest BCUT2D eigenvalue weighted by Gasteiger charge is 2.36. The molecule has 3 rings (SSSR count). The molecule has 1 unspecified atom stereocenters. The topological polar surface area (TPSA) is 79.3 Å². The second kappa shape index (κ2) is 8.52. The molecule has 2 amide bonds. The molecule has 0 saturated carbocycles. The minimum absolute atomic E-state index is 0.184. The number of amides is 2. The highest BCUT2D eigenvalue weighted by atomic mass is 79.9. The average Bonchev–Trinajstić information content (AvgIpc) is 3.07. The molecule has 1 aliphatic rings. The van der Waals surface area contributed by atoms with Gasteiger partial charge >= 0.3 is 12.0 Å². The number of nitrogens with zero attached hydrogens (tertiary/aromatic N) is 2. The van der Waals surface area contributed by atoms with Crippen LogP contribution in [-0.4, -0.2) is 49.3 Å². The molecular weight excluding hydrogens is 428 g/mol. The lowest BCUT2D eigenvalue weighted by Gasteiger charge is -2.27. The number of carboxylic acid groups (broad SMARTS) is 1. The number of halogens is 1. The zero-order valence-electron chi connectivity index (χ0n) is 15.6. The standard InChI is InChI=1S/C20H21BrN2O5/c1-27-15-5-3-4-13(10-15)17(12-19(24)25)23-9-8-22(20(23)26)14-6-7-16(21)18(11-14)28-2/h3-7,10-11,17H,8-9,12H2,1-2H3,(H,24,25). The Kier molecular flexibility index (Phi) is 6.08. The number of benzene rings is 2. The predicted octanol–water partition coefficient (Wildman–Crippen LogP) is 3.92. The van der Waals surface area contributed by atoms with Crippen LogP contribution < -0.4 is 14.4 Å². The second-order valence-corrected chi connectivity index (χ2v) is 7.19. The first-order valence-electron chi connectivity index (χ1n) is 8.72. The van der Waals surface area contributed by atoms with Crippen LogP contribution in [0.2, 0.25) is 0 Å². The van der Waals surface area contributed by atoms with Crippen LogP contribution in [-0.2, 0) is 4.79 Å². The maximum Gasteiger partial charge on any atom is 0.325 e. The van der Waals surface area contributed by atoms with E-state index in [0.29, 0.717) is 30.3 Å². The van der Waals surface area contributed by atoms with Gasteiger partial charge in [0.25, 0.3) is 0 Å². The summed E-state index contributed by atoms with van der Waals surface area (Å²) in [6.07, 6.45) is -0.184. The van der Waals surface area contributed by atoms with Crippen LogP contribution in [0.25, 0.3) is 0 Å². The van der Waals surface area contributed by atoms with Gasteiger partial charge in [-0.25, -0.2) is 4.79 Å². The summed E-state index contributed by atoms with van der Waals surface area (Å²) in [6.45, 7) is 0.885. The molecule has 148 valence electrons. The number of carbonyl (C=O) groups excluding carboxylic acids is 1. The minimum Gasteiger partial charge on any atom is -0.497 e. The zero-order chi connectivity index (χ0) is 20.3. The molecule has 1 heterocycles. The van der Waals surface area contributed by atoms with Gasteiger partial charge in [-0.05, 0) is 45.8 Å². The Morgan fingerprint density at radius 2 is 1.96 bits per heavy atom. The van der Waals surface area contributed by atoms with Gasteiger partial charge in [0.15, 0.2) is 0 Å². The van der Waals surface area contributed by atoms with Gasteiger partial charge in [-0.2, -0.15) is 0 Å². The fourth-order valence-corrected chi connectivity index (χ4v) is 3.73. The summed E-state index contributed by atoms with van der Waals surface area (Å²) < 4.78 is 11.4. The van der Waals surface area contributed by atoms with Gasteiger partial charge in [0, 0.05) is 24.8 Å². The van der Waals surface area contributed by atoms with E-state index in [1.165, 1.54) is 0 Å². The fourth-order valence-electron chi connectivity index (χ4n) is 3.32. The van der Waals surface area contributed by atoms with Crippen LogP contribution >= 0.6 is 15.9 Å². The molecule has 1 saturated heterocycles. The van der Waals surface area contributed by atoms with Crippen LogP contribution in [0.5, 0.6) is 11.5 Å². The summed E-state index contributed by atoms with van der Waals surface area (Å²) in [5, 5.41) is 9.40. The van der Waals surface area contributed by atoms with Crippen molar-refractivity contribution in [2.24, 2.45) is 0 Å². The largest absolute Gasteiger partial charge is 0.497 e. The van der Waals surface area contributed by atoms with E-state index < -0.39 is 12.0 Å². The number of hydrogen-bond donors (Lipinski definition) is 1. The van der Waals surface area contributed by atoms with E-state index in [2.05, 4.69) is 15.9 Å². The third-order valence-corrected chi connectivity index (χ3v) is 5.37. The summed E-state index contributed by atoms with van der Waals surface area (Å²) in [6, 6.07) is 11.8. The highest BCUT2D eigenvalue weighted by Crippen LogP contribution is 2.35. The minimum atomic E-state index is -0.968. The highest BCUT2D eigenvalue weighted by molar-refractivity contribution is 9.10. The summed E-state index contributed by atoms with van der Waals surface area (Å²) in [7, 11) is 3.11. The number of carbonyl (C=O) groups is 2. The normalized spacial score (nSPS) is 14.9. The molecule has 0 spiro atoms. The molecule has 0 radical (unpaired) electrons. The zero-order valence-corrected chi connectivity index (χ0v) is 17.2. The van der Waals surface area contributed by atoms with Crippen molar-refractivity contribution in [1.29, 1.82) is 0 Å². The van der Waals surface area contributed by atoms with Gasteiger partial charge in [-0.15, -0.1) is 0 Å². The average molecular weight is 449 g/mol. The molecule has 1 fully saturated rings. The second-order valence-electron chi connectivity index (χ2n) is 6.34. The van der Waals surface area contributed by atoms with Crippen molar-refractivity contribution in [3.05, 3.63) is 52.5 Å². The first-order valence-corrected chi connectivity index (χ1v) is 9.51. The van der Waals surface area contributed by atoms with Crippen molar-refractivity contribution in [1.82, 2.24) is 4.90 Å². The fraction of sp³-hybridized carbons (Fsp3) is 0.300. The van der Waals surface area contributed by atoms with Crippen molar-refractivity contribution in [3.8, 4) is 11.5 Å². The first kappa shape index (κ1) is 20.0. The molecule has 8 heteroatoms. The van der Waals surface area contributed by atoms with Crippen LogP contribution in [0.15, 0.2) is 46.9 Å². The quantitative estimate of drug-likeness (QED) is 0.693. The maximum atomic E-state index is 13.1. The third kappa shape index (κ3) is 4.06. The Morgan fingerprint density at radius 3 is 2.64 bits per heavy atom. The van der Waals surface area contributed by atoms with Crippen molar-refractivity contribution in [3.63, 3.8) is 0 Å². The number of carboxylic acids is 1. The van der Waals surface area contributed by atoms with Crippen LogP contribution in [0, 0.1) is 0 Å². The molecule has 0 aliphatic carbocycles. The molecule has 2 aromatic rings. The Morgan fingerprint density at radius 1 is 1.18 bits per heavy atom. The number of anilines is 1. The number of methoxy groups -OCH3 is 2. The molecule has 0 aromatic heterocycles. The van der Waals surface area contributed by atoms with E-state index in [-0.39, 0.29) is 12.5 Å². The van der Waals surface area contributed by atoms with Crippen molar-refractivity contribution in [2.75, 3.05) is 32.2 Å². The summed E-state index contributed by atoms with van der Waals surface area (Å²) in [5.41, 5.74) is 1.43. The Hall–Kier alpha value is -2.74. The summed E-state index contributed by atoms with van der Waals surface area (Å²) in [5.74, 6) is 0.275. The Bertz CT molecular complexity index is 889. The van der Waals surface area contributed by atoms with Crippen molar-refractivity contribution in [2.45, 2.75) is 12.5 Å². The molecule has 1 N–H and O–H groups in total. The van der Waals surface area contributed by atoms with Gasteiger partial charge in [0.1, 0.15) is 11.5 Å². The maximum absolute atomic E-state index is 13.1. The van der Waals surface area contributed by atoms with Crippen molar-refractivity contribution < 1.29 is 24.2 Å². The third-order valence-electron chi connectivity index (χ3n) is 4.71. The molecule has 28 heavy (non-hydrogen) atoms. The van der Waals surface area contributed by atoms with Gasteiger partial charge in [0.05, 0.1) is 31.2 Å².